The molecule has 0 amide bonds. The second-order valence-electron chi connectivity index (χ2n) is 4.70. The third-order valence-corrected chi connectivity index (χ3v) is 3.28. The molecule has 4 nitrogen and oxygen atoms in total. The topological polar surface area (TPSA) is 51.0 Å². The van der Waals surface area contributed by atoms with Crippen LogP contribution in [0.3, 0.4) is 0 Å². The number of aliphatic hydroxyl groups is 1. The molecule has 1 heterocycles. The van der Waals surface area contributed by atoms with E-state index in [1.54, 1.807) is 0 Å². The summed E-state index contributed by atoms with van der Waals surface area (Å²) in [6, 6.07) is -1.18. The third kappa shape index (κ3) is 3.13. The molecular formula is C13H11F6NO3. The minimum atomic E-state index is -2.32. The predicted octanol–water partition coefficient (Wildman–Crippen LogP) is 2.22. The fourth-order valence-electron chi connectivity index (χ4n) is 2.01. The van der Waals surface area contributed by atoms with Gasteiger partial charge in [-0.2, -0.15) is 0 Å². The molecule has 0 fully saturated rings. The van der Waals surface area contributed by atoms with Crippen molar-refractivity contribution < 1.29 is 40.9 Å². The smallest absolute Gasteiger partial charge is 0.225 e. The number of halogens is 6. The first-order valence-electron chi connectivity index (χ1n) is 6.34. The number of ether oxygens (including phenoxy) is 2. The van der Waals surface area contributed by atoms with Crippen LogP contribution in [-0.2, 0) is 9.47 Å². The van der Waals surface area contributed by atoms with Crippen molar-refractivity contribution in [3.63, 3.8) is 0 Å². The number of nitrogens with zero attached hydrogens (tertiary/aromatic N) is 1. The average molecular weight is 343 g/mol. The van der Waals surface area contributed by atoms with Crippen molar-refractivity contribution in [3.8, 4) is 0 Å². The fourth-order valence-corrected chi connectivity index (χ4v) is 2.01. The largest absolute Gasteiger partial charge is 0.445 e. The number of hydrogen-bond donors (Lipinski definition) is 1. The Bertz CT molecular complexity index is 606. The van der Waals surface area contributed by atoms with Crippen LogP contribution in [0.25, 0.3) is 0 Å². The minimum absolute atomic E-state index is 0.215. The quantitative estimate of drug-likeness (QED) is 0.507. The van der Waals surface area contributed by atoms with E-state index < -0.39 is 65.7 Å². The van der Waals surface area contributed by atoms with Gasteiger partial charge in [-0.1, -0.05) is 0 Å². The van der Waals surface area contributed by atoms with Crippen LogP contribution in [0.15, 0.2) is 4.99 Å². The lowest BCUT2D eigenvalue weighted by Gasteiger charge is -2.16. The summed E-state index contributed by atoms with van der Waals surface area (Å²) >= 11 is 0. The lowest BCUT2D eigenvalue weighted by molar-refractivity contribution is -0.0416. The molecule has 0 saturated heterocycles. The summed E-state index contributed by atoms with van der Waals surface area (Å²) in [5, 5.41) is 9.61. The maximum atomic E-state index is 13.7. The van der Waals surface area contributed by atoms with Gasteiger partial charge in [0.2, 0.25) is 18.0 Å². The van der Waals surface area contributed by atoms with E-state index >= 15 is 0 Å². The summed E-state index contributed by atoms with van der Waals surface area (Å²) in [6.45, 7) is -0.924. The summed E-state index contributed by atoms with van der Waals surface area (Å²) in [4.78, 5) is 3.57. The highest BCUT2D eigenvalue weighted by atomic mass is 19.2. The zero-order valence-electron chi connectivity index (χ0n) is 11.6. The van der Waals surface area contributed by atoms with Crippen LogP contribution in [0.5, 0.6) is 0 Å². The Morgan fingerprint density at radius 3 is 2.09 bits per heavy atom. The lowest BCUT2D eigenvalue weighted by Crippen LogP contribution is -2.28. The number of aliphatic imine (C=N–C) groups is 1. The summed E-state index contributed by atoms with van der Waals surface area (Å²) in [6.07, 6.45) is -2.92. The van der Waals surface area contributed by atoms with Crippen molar-refractivity contribution in [2.45, 2.75) is 24.9 Å². The highest BCUT2D eigenvalue weighted by molar-refractivity contribution is 5.96. The van der Waals surface area contributed by atoms with E-state index in [-0.39, 0.29) is 6.42 Å². The summed E-state index contributed by atoms with van der Waals surface area (Å²) in [5.41, 5.74) is -1.39. The molecule has 0 aliphatic carbocycles. The number of rotatable bonds is 5. The number of aliphatic hydroxyl groups excluding tert-OH is 1. The van der Waals surface area contributed by atoms with Gasteiger partial charge in [-0.15, -0.1) is 0 Å². The van der Waals surface area contributed by atoms with Gasteiger partial charge >= 0.3 is 0 Å². The van der Waals surface area contributed by atoms with E-state index in [0.717, 1.165) is 0 Å². The summed E-state index contributed by atoms with van der Waals surface area (Å²) in [7, 11) is 1.20. The van der Waals surface area contributed by atoms with Crippen LogP contribution < -0.4 is 0 Å². The molecule has 0 aromatic heterocycles. The van der Waals surface area contributed by atoms with Crippen molar-refractivity contribution >= 4 is 5.90 Å². The van der Waals surface area contributed by atoms with Gasteiger partial charge in [-0.25, -0.2) is 31.3 Å². The monoisotopic (exact) mass is 343 g/mol. The van der Waals surface area contributed by atoms with E-state index in [2.05, 4.69) is 9.73 Å². The lowest BCUT2D eigenvalue weighted by atomic mass is 10.1. The molecule has 0 bridgehead atoms. The first kappa shape index (κ1) is 17.5. The first-order chi connectivity index (χ1) is 10.8. The molecular weight excluding hydrogens is 332 g/mol. The SMILES string of the molecule is COC(CF)CC1N=C(c2c(F)c(F)c(F)c(F)c2F)OC1O. The standard InChI is InChI=1S/C13H11F6NO3/c1-22-4(3-14)2-5-13(21)23-12(20-5)6-7(15)9(17)11(19)10(18)8(6)16/h4-5,13,21H,2-3H2,1H3. The minimum Gasteiger partial charge on any atom is -0.445 e. The van der Waals surface area contributed by atoms with E-state index in [1.165, 1.54) is 7.11 Å². The Morgan fingerprint density at radius 1 is 1.09 bits per heavy atom. The fraction of sp³-hybridized carbons (Fsp3) is 0.462. The third-order valence-electron chi connectivity index (χ3n) is 3.28. The molecule has 1 aliphatic rings. The second-order valence-corrected chi connectivity index (χ2v) is 4.70. The molecule has 1 N–H and O–H groups in total. The Hall–Kier alpha value is -1.81. The second kappa shape index (κ2) is 6.75. The highest BCUT2D eigenvalue weighted by Gasteiger charge is 2.37. The molecule has 0 saturated carbocycles. The Morgan fingerprint density at radius 2 is 1.61 bits per heavy atom. The molecule has 3 atom stereocenters. The molecule has 10 heteroatoms. The van der Waals surface area contributed by atoms with Gasteiger partial charge in [0.05, 0.1) is 6.10 Å². The summed E-state index contributed by atoms with van der Waals surface area (Å²) in [5.74, 6) is -11.9. The van der Waals surface area contributed by atoms with Gasteiger partial charge in [-0.3, -0.25) is 0 Å². The number of hydrogen-bond acceptors (Lipinski definition) is 4. The van der Waals surface area contributed by atoms with Gasteiger partial charge in [0, 0.05) is 13.5 Å². The normalized spacial score (nSPS) is 22.0. The van der Waals surface area contributed by atoms with E-state index in [4.69, 9.17) is 4.74 Å². The van der Waals surface area contributed by atoms with Gasteiger partial charge in [-0.05, 0) is 0 Å². The molecule has 1 aromatic rings. The van der Waals surface area contributed by atoms with E-state index in [9.17, 15) is 31.4 Å². The molecule has 1 aromatic carbocycles. The van der Waals surface area contributed by atoms with Crippen molar-refractivity contribution in [1.82, 2.24) is 0 Å². The van der Waals surface area contributed by atoms with Crippen molar-refractivity contribution in [3.05, 3.63) is 34.6 Å². The molecule has 2 rings (SSSR count). The van der Waals surface area contributed by atoms with E-state index in [0.29, 0.717) is 0 Å². The number of benzene rings is 1. The van der Waals surface area contributed by atoms with Crippen LogP contribution in [0.2, 0.25) is 0 Å². The summed E-state index contributed by atoms with van der Waals surface area (Å²) < 4.78 is 88.6. The molecule has 1 aliphatic heterocycles. The van der Waals surface area contributed by atoms with Crippen LogP contribution in [0, 0.1) is 29.1 Å². The van der Waals surface area contributed by atoms with Crippen LogP contribution >= 0.6 is 0 Å². The van der Waals surface area contributed by atoms with Gasteiger partial charge in [0.1, 0.15) is 18.3 Å². The van der Waals surface area contributed by atoms with Crippen molar-refractivity contribution in [2.75, 3.05) is 13.8 Å². The zero-order chi connectivity index (χ0) is 17.3. The van der Waals surface area contributed by atoms with Crippen molar-refractivity contribution in [2.24, 2.45) is 4.99 Å². The maximum Gasteiger partial charge on any atom is 0.225 e. The van der Waals surface area contributed by atoms with E-state index in [1.807, 2.05) is 0 Å². The van der Waals surface area contributed by atoms with Crippen LogP contribution in [-0.4, -0.2) is 43.2 Å². The molecule has 128 valence electrons. The molecule has 3 unspecified atom stereocenters. The Kier molecular flexibility index (Phi) is 5.15. The highest BCUT2D eigenvalue weighted by Crippen LogP contribution is 2.28. The van der Waals surface area contributed by atoms with Crippen molar-refractivity contribution in [1.29, 1.82) is 0 Å². The predicted molar refractivity (Wildman–Crippen MR) is 65.0 cm³/mol. The maximum absolute atomic E-state index is 13.7. The molecule has 23 heavy (non-hydrogen) atoms. The first-order valence-corrected chi connectivity index (χ1v) is 6.34. The average Bonchev–Trinajstić information content (AvgIpc) is 2.89. The number of methoxy groups -OCH3 is 1. The van der Waals surface area contributed by atoms with Gasteiger partial charge < -0.3 is 14.6 Å². The molecule has 0 spiro atoms. The molecule has 0 radical (unpaired) electrons. The zero-order valence-corrected chi connectivity index (χ0v) is 11.6. The van der Waals surface area contributed by atoms with Gasteiger partial charge in [0.15, 0.2) is 23.3 Å². The number of alkyl halides is 1. The Balaban J connectivity index is 2.40. The van der Waals surface area contributed by atoms with Gasteiger partial charge in [0.25, 0.3) is 0 Å². The van der Waals surface area contributed by atoms with Crippen LogP contribution in [0.4, 0.5) is 26.3 Å². The van der Waals surface area contributed by atoms with Crippen LogP contribution in [0.1, 0.15) is 12.0 Å². The Labute approximate surface area is 126 Å².